The largest absolute Gasteiger partial charge is 0.465 e. The van der Waals surface area contributed by atoms with Gasteiger partial charge in [0.1, 0.15) is 0 Å². The number of ether oxygens (including phenoxy) is 1. The predicted octanol–water partition coefficient (Wildman–Crippen LogP) is 0.289. The van der Waals surface area contributed by atoms with Crippen molar-refractivity contribution in [3.05, 3.63) is 29.3 Å². The Balaban J connectivity index is 2.20. The highest BCUT2D eigenvalue weighted by atomic mass is 16.5. The Kier molecular flexibility index (Phi) is 3.61. The summed E-state index contributed by atoms with van der Waals surface area (Å²) in [6.45, 7) is 2.78. The smallest absolute Gasteiger partial charge is 0.339 e. The van der Waals surface area contributed by atoms with Crippen molar-refractivity contribution in [1.82, 2.24) is 10.6 Å². The number of nitrogen functional groups attached to an aromatic ring is 1. The first-order valence-corrected chi connectivity index (χ1v) is 5.64. The van der Waals surface area contributed by atoms with Gasteiger partial charge in [0.25, 0.3) is 0 Å². The van der Waals surface area contributed by atoms with Crippen molar-refractivity contribution in [2.45, 2.75) is 6.04 Å². The van der Waals surface area contributed by atoms with Crippen molar-refractivity contribution in [1.29, 1.82) is 0 Å². The Labute approximate surface area is 100 Å². The molecule has 0 aromatic heterocycles. The molecule has 0 spiro atoms. The number of methoxy groups -OCH3 is 1. The maximum Gasteiger partial charge on any atom is 0.339 e. The Hall–Kier alpha value is -1.59. The molecule has 2 rings (SSSR count). The lowest BCUT2D eigenvalue weighted by atomic mass is 10.0. The molecule has 1 aliphatic rings. The van der Waals surface area contributed by atoms with E-state index in [4.69, 9.17) is 5.73 Å². The molecule has 1 aliphatic heterocycles. The molecular weight excluding hydrogens is 218 g/mol. The number of esters is 1. The van der Waals surface area contributed by atoms with Crippen LogP contribution in [0.1, 0.15) is 22.0 Å². The summed E-state index contributed by atoms with van der Waals surface area (Å²) in [4.78, 5) is 11.4. The van der Waals surface area contributed by atoms with Gasteiger partial charge in [-0.3, -0.25) is 0 Å². The van der Waals surface area contributed by atoms with E-state index in [0.717, 1.165) is 25.2 Å². The van der Waals surface area contributed by atoms with Crippen LogP contribution in [0.5, 0.6) is 0 Å². The lowest BCUT2D eigenvalue weighted by Gasteiger charge is -2.25. The van der Waals surface area contributed by atoms with Crippen molar-refractivity contribution in [3.63, 3.8) is 0 Å². The van der Waals surface area contributed by atoms with Crippen LogP contribution in [0.15, 0.2) is 18.2 Å². The quantitative estimate of drug-likeness (QED) is 0.507. The van der Waals surface area contributed by atoms with Gasteiger partial charge in [0.2, 0.25) is 0 Å². The molecule has 5 heteroatoms. The number of anilines is 1. The summed E-state index contributed by atoms with van der Waals surface area (Å²) in [6.07, 6.45) is 0. The van der Waals surface area contributed by atoms with Gasteiger partial charge in [-0.15, -0.1) is 0 Å². The molecular formula is C12H17N3O2. The third kappa shape index (κ3) is 2.57. The van der Waals surface area contributed by atoms with Gasteiger partial charge in [-0.25, -0.2) is 4.79 Å². The molecule has 92 valence electrons. The fraction of sp³-hybridized carbons (Fsp3) is 0.417. The summed E-state index contributed by atoms with van der Waals surface area (Å²) in [6, 6.07) is 5.70. The van der Waals surface area contributed by atoms with Gasteiger partial charge in [0, 0.05) is 31.4 Å². The number of rotatable bonds is 2. The van der Waals surface area contributed by atoms with E-state index in [-0.39, 0.29) is 6.04 Å². The second-order valence-corrected chi connectivity index (χ2v) is 4.05. The minimum Gasteiger partial charge on any atom is -0.465 e. The summed E-state index contributed by atoms with van der Waals surface area (Å²) in [7, 11) is 1.35. The first kappa shape index (κ1) is 11.9. The highest BCUT2D eigenvalue weighted by molar-refractivity contribution is 5.95. The Morgan fingerprint density at radius 1 is 1.47 bits per heavy atom. The van der Waals surface area contributed by atoms with Gasteiger partial charge in [0.15, 0.2) is 0 Å². The van der Waals surface area contributed by atoms with E-state index in [2.05, 4.69) is 15.4 Å². The zero-order valence-corrected chi connectivity index (χ0v) is 9.82. The lowest BCUT2D eigenvalue weighted by molar-refractivity contribution is 0.0602. The molecule has 1 atom stereocenters. The zero-order chi connectivity index (χ0) is 12.3. The monoisotopic (exact) mass is 235 g/mol. The molecule has 4 N–H and O–H groups in total. The summed E-state index contributed by atoms with van der Waals surface area (Å²) < 4.78 is 4.66. The van der Waals surface area contributed by atoms with Gasteiger partial charge in [-0.05, 0) is 17.7 Å². The number of hydrogen-bond acceptors (Lipinski definition) is 5. The first-order chi connectivity index (χ1) is 8.22. The molecule has 0 saturated carbocycles. The van der Waals surface area contributed by atoms with Gasteiger partial charge < -0.3 is 21.1 Å². The molecule has 1 saturated heterocycles. The molecule has 0 amide bonds. The molecule has 1 fully saturated rings. The van der Waals surface area contributed by atoms with Crippen LogP contribution in [0, 0.1) is 0 Å². The number of carbonyl (C=O) groups excluding carboxylic acids is 1. The van der Waals surface area contributed by atoms with Gasteiger partial charge in [-0.2, -0.15) is 0 Å². The molecule has 0 aliphatic carbocycles. The van der Waals surface area contributed by atoms with Crippen LogP contribution in [0.3, 0.4) is 0 Å². The number of nitrogens with one attached hydrogen (secondary N) is 2. The fourth-order valence-electron chi connectivity index (χ4n) is 1.98. The maximum absolute atomic E-state index is 11.4. The van der Waals surface area contributed by atoms with E-state index < -0.39 is 5.97 Å². The van der Waals surface area contributed by atoms with E-state index in [9.17, 15) is 4.79 Å². The van der Waals surface area contributed by atoms with E-state index in [1.165, 1.54) is 7.11 Å². The lowest BCUT2D eigenvalue weighted by Crippen LogP contribution is -2.42. The van der Waals surface area contributed by atoms with E-state index in [0.29, 0.717) is 11.3 Å². The van der Waals surface area contributed by atoms with Gasteiger partial charge in [0.05, 0.1) is 12.7 Å². The molecule has 17 heavy (non-hydrogen) atoms. The average Bonchev–Trinajstić information content (AvgIpc) is 2.39. The van der Waals surface area contributed by atoms with Crippen LogP contribution in [-0.2, 0) is 4.74 Å². The van der Waals surface area contributed by atoms with Crippen molar-refractivity contribution < 1.29 is 9.53 Å². The Bertz CT molecular complexity index is 414. The predicted molar refractivity (Wildman–Crippen MR) is 65.8 cm³/mol. The summed E-state index contributed by atoms with van der Waals surface area (Å²) in [5, 5.41) is 6.70. The standard InChI is InChI=1S/C12H17N3O2/c1-17-12(16)9-3-2-8(6-10(9)13)11-7-14-4-5-15-11/h2-3,6,11,14-15H,4-5,7,13H2,1H3. The van der Waals surface area contributed by atoms with Crippen molar-refractivity contribution in [2.75, 3.05) is 32.5 Å². The fourth-order valence-corrected chi connectivity index (χ4v) is 1.98. The van der Waals surface area contributed by atoms with E-state index in [1.807, 2.05) is 12.1 Å². The second-order valence-electron chi connectivity index (χ2n) is 4.05. The molecule has 0 bridgehead atoms. The topological polar surface area (TPSA) is 76.4 Å². The van der Waals surface area contributed by atoms with Crippen LogP contribution < -0.4 is 16.4 Å². The summed E-state index contributed by atoms with van der Waals surface area (Å²) in [5.74, 6) is -0.399. The third-order valence-corrected chi connectivity index (χ3v) is 2.92. The molecule has 0 radical (unpaired) electrons. The summed E-state index contributed by atoms with van der Waals surface area (Å²) in [5.41, 5.74) is 7.82. The second kappa shape index (κ2) is 5.16. The van der Waals surface area contributed by atoms with Gasteiger partial charge >= 0.3 is 5.97 Å². The highest BCUT2D eigenvalue weighted by Gasteiger charge is 2.17. The Morgan fingerprint density at radius 3 is 2.88 bits per heavy atom. The minimum absolute atomic E-state index is 0.248. The SMILES string of the molecule is COC(=O)c1ccc(C2CNCCN2)cc1N. The number of carbonyl (C=O) groups is 1. The number of nitrogens with two attached hydrogens (primary N) is 1. The normalized spacial score (nSPS) is 19.9. The van der Waals surface area contributed by atoms with Crippen LogP contribution >= 0.6 is 0 Å². The van der Waals surface area contributed by atoms with Gasteiger partial charge in [-0.1, -0.05) is 6.07 Å². The third-order valence-electron chi connectivity index (χ3n) is 2.92. The van der Waals surface area contributed by atoms with Crippen molar-refractivity contribution >= 4 is 11.7 Å². The Morgan fingerprint density at radius 2 is 2.29 bits per heavy atom. The van der Waals surface area contributed by atoms with Crippen LogP contribution in [0.2, 0.25) is 0 Å². The van der Waals surface area contributed by atoms with Crippen molar-refractivity contribution in [3.8, 4) is 0 Å². The molecule has 5 nitrogen and oxygen atoms in total. The molecule has 1 unspecified atom stereocenters. The highest BCUT2D eigenvalue weighted by Crippen LogP contribution is 2.20. The zero-order valence-electron chi connectivity index (χ0n) is 9.82. The molecule has 1 aromatic carbocycles. The number of piperazine rings is 1. The first-order valence-electron chi connectivity index (χ1n) is 5.64. The van der Waals surface area contributed by atoms with Crippen LogP contribution in [-0.4, -0.2) is 32.7 Å². The van der Waals surface area contributed by atoms with E-state index in [1.54, 1.807) is 6.07 Å². The molecule has 1 heterocycles. The number of hydrogen-bond donors (Lipinski definition) is 3. The minimum atomic E-state index is -0.399. The van der Waals surface area contributed by atoms with Crippen LogP contribution in [0.4, 0.5) is 5.69 Å². The number of benzene rings is 1. The average molecular weight is 235 g/mol. The van der Waals surface area contributed by atoms with Crippen molar-refractivity contribution in [2.24, 2.45) is 0 Å². The summed E-state index contributed by atoms with van der Waals surface area (Å²) >= 11 is 0. The van der Waals surface area contributed by atoms with Crippen LogP contribution in [0.25, 0.3) is 0 Å². The maximum atomic E-state index is 11.4. The molecule has 1 aromatic rings. The van der Waals surface area contributed by atoms with E-state index >= 15 is 0 Å².